The summed E-state index contributed by atoms with van der Waals surface area (Å²) < 4.78 is 4.86. The van der Waals surface area contributed by atoms with Crippen LogP contribution in [0.15, 0.2) is 30.3 Å². The van der Waals surface area contributed by atoms with E-state index in [0.29, 0.717) is 6.42 Å². The van der Waals surface area contributed by atoms with Crippen molar-refractivity contribution in [2.45, 2.75) is 63.1 Å². The molecule has 1 saturated heterocycles. The van der Waals surface area contributed by atoms with Gasteiger partial charge in [-0.05, 0) is 24.3 Å². The third-order valence-corrected chi connectivity index (χ3v) is 5.83. The molecule has 8 nitrogen and oxygen atoms in total. The molecule has 1 aromatic carbocycles. The molecule has 162 valence electrons. The lowest BCUT2D eigenvalue weighted by molar-refractivity contribution is -0.147. The first-order valence-electron chi connectivity index (χ1n) is 10.5. The first kappa shape index (κ1) is 21.8. The summed E-state index contributed by atoms with van der Waals surface area (Å²) in [5.74, 6) is -1.64. The van der Waals surface area contributed by atoms with Gasteiger partial charge in [-0.3, -0.25) is 14.4 Å². The Balaban J connectivity index is 1.56. The van der Waals surface area contributed by atoms with E-state index in [1.54, 1.807) is 0 Å². The topological polar surface area (TPSA) is 114 Å². The van der Waals surface area contributed by atoms with E-state index in [1.807, 2.05) is 30.3 Å². The van der Waals surface area contributed by atoms with Gasteiger partial charge in [-0.15, -0.1) is 0 Å². The second-order valence-corrected chi connectivity index (χ2v) is 7.98. The van der Waals surface area contributed by atoms with Crippen LogP contribution in [-0.2, 0) is 30.3 Å². The van der Waals surface area contributed by atoms with Crippen LogP contribution < -0.4 is 16.0 Å². The van der Waals surface area contributed by atoms with Crippen molar-refractivity contribution in [3.05, 3.63) is 35.9 Å². The molecule has 2 aliphatic rings. The number of methoxy groups -OCH3 is 1. The number of rotatable bonds is 7. The number of ether oxygens (including phenoxy) is 1. The highest BCUT2D eigenvalue weighted by Crippen LogP contribution is 2.27. The number of benzene rings is 1. The van der Waals surface area contributed by atoms with Gasteiger partial charge in [-0.25, -0.2) is 4.79 Å². The van der Waals surface area contributed by atoms with Gasteiger partial charge in [0.05, 0.1) is 13.5 Å². The third kappa shape index (κ3) is 5.58. The molecule has 8 heteroatoms. The van der Waals surface area contributed by atoms with E-state index in [-0.39, 0.29) is 18.2 Å². The monoisotopic (exact) mass is 415 g/mol. The molecule has 1 aromatic rings. The first-order chi connectivity index (χ1) is 14.5. The molecule has 1 aliphatic heterocycles. The Labute approximate surface area is 176 Å². The number of nitrogens with one attached hydrogen (secondary N) is 3. The zero-order valence-corrected chi connectivity index (χ0v) is 17.2. The van der Waals surface area contributed by atoms with Crippen LogP contribution in [0.1, 0.15) is 44.1 Å². The van der Waals surface area contributed by atoms with E-state index in [2.05, 4.69) is 16.0 Å². The standard InChI is InChI=1S/C22H29N3O5/c1-30-22(29)19(15-10-6-3-7-11-15)25-18(26)13-17-21(28)23-16(20(27)24-17)12-14-8-4-2-5-9-14/h2,4-5,8-9,15-17,19H,3,6-7,10-13H2,1H3,(H,23,28)(H,24,27)(H,25,26)/t16-,17-,19-/m0/s1. The van der Waals surface area contributed by atoms with E-state index >= 15 is 0 Å². The summed E-state index contributed by atoms with van der Waals surface area (Å²) >= 11 is 0. The highest BCUT2D eigenvalue weighted by atomic mass is 16.5. The van der Waals surface area contributed by atoms with Gasteiger partial charge >= 0.3 is 5.97 Å². The molecule has 3 atom stereocenters. The van der Waals surface area contributed by atoms with Crippen LogP contribution in [0.2, 0.25) is 0 Å². The van der Waals surface area contributed by atoms with Crippen molar-refractivity contribution in [3.63, 3.8) is 0 Å². The van der Waals surface area contributed by atoms with Crippen molar-refractivity contribution in [3.8, 4) is 0 Å². The lowest BCUT2D eigenvalue weighted by Crippen LogP contribution is -2.63. The predicted octanol–water partition coefficient (Wildman–Crippen LogP) is 0.841. The smallest absolute Gasteiger partial charge is 0.328 e. The second-order valence-electron chi connectivity index (χ2n) is 7.98. The Morgan fingerprint density at radius 2 is 1.67 bits per heavy atom. The molecule has 0 unspecified atom stereocenters. The van der Waals surface area contributed by atoms with Crippen LogP contribution in [0.5, 0.6) is 0 Å². The minimum atomic E-state index is -0.964. The van der Waals surface area contributed by atoms with Crippen molar-refractivity contribution in [1.29, 1.82) is 0 Å². The Bertz CT molecular complexity index is 776. The van der Waals surface area contributed by atoms with Crippen molar-refractivity contribution >= 4 is 23.7 Å². The van der Waals surface area contributed by atoms with E-state index in [4.69, 9.17) is 4.74 Å². The number of carbonyl (C=O) groups is 4. The van der Waals surface area contributed by atoms with Crippen molar-refractivity contribution < 1.29 is 23.9 Å². The molecule has 1 heterocycles. The van der Waals surface area contributed by atoms with Crippen LogP contribution in [0.3, 0.4) is 0 Å². The number of hydrogen-bond donors (Lipinski definition) is 3. The lowest BCUT2D eigenvalue weighted by atomic mass is 9.83. The summed E-state index contributed by atoms with van der Waals surface area (Å²) in [6.45, 7) is 0. The summed E-state index contributed by atoms with van der Waals surface area (Å²) in [4.78, 5) is 49.6. The fourth-order valence-electron chi connectivity index (χ4n) is 4.19. The van der Waals surface area contributed by atoms with Gasteiger partial charge < -0.3 is 20.7 Å². The summed E-state index contributed by atoms with van der Waals surface area (Å²) in [7, 11) is 1.30. The van der Waals surface area contributed by atoms with Gasteiger partial charge in [-0.1, -0.05) is 49.6 Å². The number of carbonyl (C=O) groups excluding carboxylic acids is 4. The zero-order valence-electron chi connectivity index (χ0n) is 17.2. The Morgan fingerprint density at radius 3 is 2.33 bits per heavy atom. The SMILES string of the molecule is COC(=O)[C@@H](NC(=O)C[C@@H]1NC(=O)[C@H](Cc2ccccc2)NC1=O)C1CCCCC1. The lowest BCUT2D eigenvalue weighted by Gasteiger charge is -2.31. The molecule has 2 fully saturated rings. The highest BCUT2D eigenvalue weighted by molar-refractivity contribution is 5.99. The van der Waals surface area contributed by atoms with Crippen molar-refractivity contribution in [1.82, 2.24) is 16.0 Å². The van der Waals surface area contributed by atoms with E-state index in [0.717, 1.165) is 37.7 Å². The summed E-state index contributed by atoms with van der Waals surface area (Å²) in [5.41, 5.74) is 0.933. The van der Waals surface area contributed by atoms with Gasteiger partial charge in [0.1, 0.15) is 18.1 Å². The van der Waals surface area contributed by atoms with Crippen LogP contribution in [0, 0.1) is 5.92 Å². The second kappa shape index (κ2) is 10.2. The number of amides is 3. The van der Waals surface area contributed by atoms with Gasteiger partial charge in [0.25, 0.3) is 0 Å². The van der Waals surface area contributed by atoms with Crippen molar-refractivity contribution in [2.75, 3.05) is 7.11 Å². The maximum Gasteiger partial charge on any atom is 0.328 e. The van der Waals surface area contributed by atoms with Gasteiger partial charge in [0.2, 0.25) is 17.7 Å². The average molecular weight is 415 g/mol. The predicted molar refractivity (Wildman–Crippen MR) is 109 cm³/mol. The minimum Gasteiger partial charge on any atom is -0.467 e. The molecule has 1 saturated carbocycles. The average Bonchev–Trinajstić information content (AvgIpc) is 2.76. The Morgan fingerprint density at radius 1 is 1.03 bits per heavy atom. The number of esters is 1. The third-order valence-electron chi connectivity index (χ3n) is 5.83. The maximum atomic E-state index is 12.6. The minimum absolute atomic E-state index is 0.0279. The van der Waals surface area contributed by atoms with E-state index < -0.39 is 35.9 Å². The molecule has 3 N–H and O–H groups in total. The number of piperazine rings is 1. The summed E-state index contributed by atoms with van der Waals surface area (Å²) in [6.07, 6.45) is 5.00. The fourth-order valence-corrected chi connectivity index (χ4v) is 4.19. The molecule has 3 rings (SSSR count). The highest BCUT2D eigenvalue weighted by Gasteiger charge is 2.37. The zero-order chi connectivity index (χ0) is 21.5. The molecule has 1 aliphatic carbocycles. The molecular formula is C22H29N3O5. The maximum absolute atomic E-state index is 12.6. The molecule has 0 bridgehead atoms. The molecule has 0 aromatic heterocycles. The van der Waals surface area contributed by atoms with Crippen LogP contribution in [-0.4, -0.2) is 48.9 Å². The first-order valence-corrected chi connectivity index (χ1v) is 10.5. The Hall–Kier alpha value is -2.90. The Kier molecular flexibility index (Phi) is 7.43. The van der Waals surface area contributed by atoms with Gasteiger partial charge in [-0.2, -0.15) is 0 Å². The number of hydrogen-bond acceptors (Lipinski definition) is 5. The van der Waals surface area contributed by atoms with E-state index in [9.17, 15) is 19.2 Å². The van der Waals surface area contributed by atoms with E-state index in [1.165, 1.54) is 7.11 Å². The molecular weight excluding hydrogens is 386 g/mol. The molecule has 0 radical (unpaired) electrons. The summed E-state index contributed by atoms with van der Waals surface area (Å²) in [6, 6.07) is 7.03. The summed E-state index contributed by atoms with van der Waals surface area (Å²) in [5, 5.41) is 8.06. The van der Waals surface area contributed by atoms with Gasteiger partial charge in [0.15, 0.2) is 0 Å². The van der Waals surface area contributed by atoms with Crippen LogP contribution in [0.4, 0.5) is 0 Å². The van der Waals surface area contributed by atoms with Crippen LogP contribution >= 0.6 is 0 Å². The fraction of sp³-hybridized carbons (Fsp3) is 0.545. The molecule has 3 amide bonds. The normalized spacial score (nSPS) is 23.1. The molecule has 0 spiro atoms. The van der Waals surface area contributed by atoms with Gasteiger partial charge in [0, 0.05) is 6.42 Å². The largest absolute Gasteiger partial charge is 0.467 e. The van der Waals surface area contributed by atoms with Crippen molar-refractivity contribution in [2.24, 2.45) is 5.92 Å². The van der Waals surface area contributed by atoms with Crippen LogP contribution in [0.25, 0.3) is 0 Å². The quantitative estimate of drug-likeness (QED) is 0.571. The molecule has 30 heavy (non-hydrogen) atoms.